The molecule has 1 aromatic rings. The van der Waals surface area contributed by atoms with Gasteiger partial charge in [-0.05, 0) is 44.4 Å². The van der Waals surface area contributed by atoms with Gasteiger partial charge in [-0.15, -0.1) is 0 Å². The van der Waals surface area contributed by atoms with Crippen LogP contribution in [0.3, 0.4) is 0 Å². The van der Waals surface area contributed by atoms with Gasteiger partial charge in [0.2, 0.25) is 0 Å². The lowest BCUT2D eigenvalue weighted by Crippen LogP contribution is -2.49. The van der Waals surface area contributed by atoms with Crippen molar-refractivity contribution in [3.63, 3.8) is 0 Å². The van der Waals surface area contributed by atoms with E-state index in [-0.39, 0.29) is 24.2 Å². The number of halogens is 1. The average molecular weight is 398 g/mol. The van der Waals surface area contributed by atoms with Crippen LogP contribution in [0.15, 0.2) is 28.7 Å². The molecule has 1 atom stereocenters. The van der Waals surface area contributed by atoms with E-state index in [4.69, 9.17) is 4.74 Å². The molecular formula is C17H24BrN3O3. The monoisotopic (exact) mass is 397 g/mol. The fraction of sp³-hybridized carbons (Fsp3) is 0.529. The van der Waals surface area contributed by atoms with Crippen molar-refractivity contribution in [3.8, 4) is 0 Å². The lowest BCUT2D eigenvalue weighted by atomic mass is 10.1. The van der Waals surface area contributed by atoms with Gasteiger partial charge in [-0.2, -0.15) is 0 Å². The highest BCUT2D eigenvalue weighted by molar-refractivity contribution is 9.10. The van der Waals surface area contributed by atoms with Gasteiger partial charge < -0.3 is 20.3 Å². The molecule has 0 saturated carbocycles. The molecule has 6 nitrogen and oxygen atoms in total. The van der Waals surface area contributed by atoms with Gasteiger partial charge >= 0.3 is 12.1 Å². The summed E-state index contributed by atoms with van der Waals surface area (Å²) in [5.41, 5.74) is 1.04. The summed E-state index contributed by atoms with van der Waals surface area (Å²) in [6, 6.07) is 7.68. The van der Waals surface area contributed by atoms with Crippen LogP contribution in [-0.2, 0) is 4.74 Å². The number of ether oxygens (including phenoxy) is 1. The van der Waals surface area contributed by atoms with Gasteiger partial charge in [0.05, 0.1) is 12.6 Å². The number of amides is 3. The maximum absolute atomic E-state index is 12.2. The quantitative estimate of drug-likeness (QED) is 0.817. The van der Waals surface area contributed by atoms with Crippen molar-refractivity contribution in [1.29, 1.82) is 0 Å². The summed E-state index contributed by atoms with van der Waals surface area (Å²) in [5, 5.41) is 5.93. The van der Waals surface area contributed by atoms with Crippen LogP contribution in [0.2, 0.25) is 0 Å². The van der Waals surface area contributed by atoms with E-state index in [1.54, 1.807) is 11.8 Å². The third-order valence-electron chi connectivity index (χ3n) is 4.05. The van der Waals surface area contributed by atoms with Gasteiger partial charge in [-0.1, -0.05) is 28.1 Å². The Labute approximate surface area is 151 Å². The molecule has 0 bridgehead atoms. The Balaban J connectivity index is 1.76. The van der Waals surface area contributed by atoms with Crippen LogP contribution in [0.1, 0.15) is 38.3 Å². The van der Waals surface area contributed by atoms with Crippen molar-refractivity contribution in [2.24, 2.45) is 0 Å². The predicted octanol–water partition coefficient (Wildman–Crippen LogP) is 3.43. The predicted molar refractivity (Wildman–Crippen MR) is 95.8 cm³/mol. The number of hydrogen-bond donors (Lipinski definition) is 2. The first-order valence-electron chi connectivity index (χ1n) is 8.23. The highest BCUT2D eigenvalue weighted by atomic mass is 79.9. The highest BCUT2D eigenvalue weighted by Gasteiger charge is 2.24. The number of urea groups is 1. The van der Waals surface area contributed by atoms with E-state index in [2.05, 4.69) is 26.6 Å². The maximum Gasteiger partial charge on any atom is 0.409 e. The molecule has 7 heteroatoms. The van der Waals surface area contributed by atoms with E-state index in [1.807, 2.05) is 31.2 Å². The highest BCUT2D eigenvalue weighted by Crippen LogP contribution is 2.18. The van der Waals surface area contributed by atoms with Crippen LogP contribution in [0.4, 0.5) is 9.59 Å². The Morgan fingerprint density at radius 2 is 2.08 bits per heavy atom. The minimum Gasteiger partial charge on any atom is -0.450 e. The SMILES string of the molecule is CCOC(=O)N1CCC(NC(=O)NC(C)c2cccc(Br)c2)CC1. The lowest BCUT2D eigenvalue weighted by molar-refractivity contribution is 0.0957. The summed E-state index contributed by atoms with van der Waals surface area (Å²) in [7, 11) is 0. The number of piperidine rings is 1. The Kier molecular flexibility index (Phi) is 6.90. The second-order valence-electron chi connectivity index (χ2n) is 5.85. The fourth-order valence-corrected chi connectivity index (χ4v) is 3.12. The Hall–Kier alpha value is -1.76. The standard InChI is InChI=1S/C17H24BrN3O3/c1-3-24-17(23)21-9-7-15(8-10-21)20-16(22)19-12(2)13-5-4-6-14(18)11-13/h4-6,11-12,15H,3,7-10H2,1-2H3,(H2,19,20,22). The fourth-order valence-electron chi connectivity index (χ4n) is 2.70. The van der Waals surface area contributed by atoms with Crippen LogP contribution in [0, 0.1) is 0 Å². The molecule has 1 heterocycles. The van der Waals surface area contributed by atoms with Crippen molar-refractivity contribution in [2.45, 2.75) is 38.8 Å². The van der Waals surface area contributed by atoms with E-state index in [0.717, 1.165) is 22.9 Å². The van der Waals surface area contributed by atoms with E-state index in [0.29, 0.717) is 19.7 Å². The third-order valence-corrected chi connectivity index (χ3v) is 4.55. The van der Waals surface area contributed by atoms with Crippen molar-refractivity contribution in [1.82, 2.24) is 15.5 Å². The number of rotatable bonds is 4. The first-order valence-corrected chi connectivity index (χ1v) is 9.03. The first-order chi connectivity index (χ1) is 11.5. The molecule has 1 aliphatic rings. The molecule has 3 amide bonds. The maximum atomic E-state index is 12.2. The van der Waals surface area contributed by atoms with Gasteiger partial charge in [0.15, 0.2) is 0 Å². The Bertz CT molecular complexity index is 574. The topological polar surface area (TPSA) is 70.7 Å². The van der Waals surface area contributed by atoms with Crippen LogP contribution >= 0.6 is 15.9 Å². The summed E-state index contributed by atoms with van der Waals surface area (Å²) in [5.74, 6) is 0. The minimum absolute atomic E-state index is 0.0744. The summed E-state index contributed by atoms with van der Waals surface area (Å²) in [4.78, 5) is 25.5. The van der Waals surface area contributed by atoms with Crippen LogP contribution in [-0.4, -0.2) is 42.8 Å². The van der Waals surface area contributed by atoms with Crippen LogP contribution < -0.4 is 10.6 Å². The largest absolute Gasteiger partial charge is 0.450 e. The summed E-state index contributed by atoms with van der Waals surface area (Å²) >= 11 is 3.43. The number of likely N-dealkylation sites (tertiary alicyclic amines) is 1. The molecule has 1 aliphatic heterocycles. The number of nitrogens with one attached hydrogen (secondary N) is 2. The minimum atomic E-state index is -0.274. The van der Waals surface area contributed by atoms with Gasteiger partial charge in [0.1, 0.15) is 0 Å². The summed E-state index contributed by atoms with van der Waals surface area (Å²) in [6.07, 6.45) is 1.19. The molecule has 0 spiro atoms. The zero-order valence-corrected chi connectivity index (χ0v) is 15.6. The zero-order valence-electron chi connectivity index (χ0n) is 14.0. The number of nitrogens with zero attached hydrogens (tertiary/aromatic N) is 1. The Morgan fingerprint density at radius 1 is 1.38 bits per heavy atom. The van der Waals surface area contributed by atoms with Crippen molar-refractivity contribution in [3.05, 3.63) is 34.3 Å². The molecule has 1 aromatic carbocycles. The molecule has 132 valence electrons. The van der Waals surface area contributed by atoms with Gasteiger partial charge in [-0.25, -0.2) is 9.59 Å². The molecule has 0 aromatic heterocycles. The van der Waals surface area contributed by atoms with Crippen molar-refractivity contribution < 1.29 is 14.3 Å². The number of hydrogen-bond acceptors (Lipinski definition) is 3. The van der Waals surface area contributed by atoms with E-state index >= 15 is 0 Å². The summed E-state index contributed by atoms with van der Waals surface area (Å²) < 4.78 is 5.98. The molecule has 0 radical (unpaired) electrons. The molecule has 0 aliphatic carbocycles. The Morgan fingerprint density at radius 3 is 2.71 bits per heavy atom. The molecule has 1 saturated heterocycles. The number of carbonyl (C=O) groups is 2. The van der Waals surface area contributed by atoms with E-state index < -0.39 is 0 Å². The van der Waals surface area contributed by atoms with Gasteiger partial charge in [-0.3, -0.25) is 0 Å². The lowest BCUT2D eigenvalue weighted by Gasteiger charge is -2.31. The van der Waals surface area contributed by atoms with Crippen LogP contribution in [0.25, 0.3) is 0 Å². The molecule has 1 unspecified atom stereocenters. The normalized spacial score (nSPS) is 16.4. The van der Waals surface area contributed by atoms with Gasteiger partial charge in [0.25, 0.3) is 0 Å². The van der Waals surface area contributed by atoms with E-state index in [1.165, 1.54) is 0 Å². The number of carbonyl (C=O) groups excluding carboxylic acids is 2. The summed E-state index contributed by atoms with van der Waals surface area (Å²) in [6.45, 7) is 5.33. The van der Waals surface area contributed by atoms with Gasteiger partial charge in [0, 0.05) is 23.6 Å². The first kappa shape index (κ1) is 18.6. The zero-order chi connectivity index (χ0) is 17.5. The number of benzene rings is 1. The molecule has 2 rings (SSSR count). The van der Waals surface area contributed by atoms with Crippen molar-refractivity contribution in [2.75, 3.05) is 19.7 Å². The van der Waals surface area contributed by atoms with Crippen molar-refractivity contribution >= 4 is 28.1 Å². The average Bonchev–Trinajstić information content (AvgIpc) is 2.55. The molecular weight excluding hydrogens is 374 g/mol. The second kappa shape index (κ2) is 8.92. The third kappa shape index (κ3) is 5.40. The van der Waals surface area contributed by atoms with E-state index in [9.17, 15) is 9.59 Å². The molecule has 1 fully saturated rings. The molecule has 2 N–H and O–H groups in total. The smallest absolute Gasteiger partial charge is 0.409 e. The molecule has 24 heavy (non-hydrogen) atoms. The van der Waals surface area contributed by atoms with Crippen LogP contribution in [0.5, 0.6) is 0 Å². The second-order valence-corrected chi connectivity index (χ2v) is 6.77.